The highest BCUT2D eigenvalue weighted by Crippen LogP contribution is 2.24. The summed E-state index contributed by atoms with van der Waals surface area (Å²) >= 11 is 5.97. The summed E-state index contributed by atoms with van der Waals surface area (Å²) < 4.78 is 40.4. The lowest BCUT2D eigenvalue weighted by molar-refractivity contribution is -0.384. The zero-order chi connectivity index (χ0) is 24.8. The summed E-state index contributed by atoms with van der Waals surface area (Å²) in [4.78, 5) is 35.3. The van der Waals surface area contributed by atoms with Gasteiger partial charge >= 0.3 is 6.36 Å². The summed E-state index contributed by atoms with van der Waals surface area (Å²) in [5.41, 5.74) is 0.391. The molecule has 2 amide bonds. The van der Waals surface area contributed by atoms with Crippen molar-refractivity contribution in [3.8, 4) is 5.75 Å². The minimum absolute atomic E-state index is 0.0121. The number of non-ortho nitro benzene ring substituents is 1. The van der Waals surface area contributed by atoms with Crippen LogP contribution in [0.1, 0.15) is 29.8 Å². The van der Waals surface area contributed by atoms with Crippen molar-refractivity contribution < 1.29 is 32.4 Å². The molecule has 0 aromatic heterocycles. The number of alkyl halides is 3. The lowest BCUT2D eigenvalue weighted by Crippen LogP contribution is -2.50. The molecule has 0 aliphatic carbocycles. The summed E-state index contributed by atoms with van der Waals surface area (Å²) in [6.07, 6.45) is -4.44. The fraction of sp³-hybridized carbons (Fsp3) is 0.333. The van der Waals surface area contributed by atoms with Crippen LogP contribution in [0.25, 0.3) is 0 Å². The van der Waals surface area contributed by atoms with E-state index in [0.717, 1.165) is 12.1 Å². The van der Waals surface area contributed by atoms with Crippen LogP contribution < -0.4 is 15.4 Å². The predicted octanol–water partition coefficient (Wildman–Crippen LogP) is 4.26. The van der Waals surface area contributed by atoms with Crippen molar-refractivity contribution in [1.29, 1.82) is 0 Å². The molecule has 0 fully saturated rings. The summed E-state index contributed by atoms with van der Waals surface area (Å²) in [5.74, 6) is -1.76. The Bertz CT molecular complexity index is 1010. The van der Waals surface area contributed by atoms with Gasteiger partial charge in [0.25, 0.3) is 11.6 Å². The highest BCUT2D eigenvalue weighted by Gasteiger charge is 2.31. The van der Waals surface area contributed by atoms with Gasteiger partial charge in [0, 0.05) is 18.7 Å². The maximum Gasteiger partial charge on any atom is 0.573 e. The molecule has 0 aliphatic rings. The second-order valence-corrected chi connectivity index (χ2v) is 7.76. The van der Waals surface area contributed by atoms with E-state index >= 15 is 0 Å². The zero-order valence-corrected chi connectivity index (χ0v) is 18.4. The van der Waals surface area contributed by atoms with Crippen molar-refractivity contribution in [3.63, 3.8) is 0 Å². The van der Waals surface area contributed by atoms with Gasteiger partial charge in [-0.15, -0.1) is 13.2 Å². The zero-order valence-electron chi connectivity index (χ0n) is 17.6. The lowest BCUT2D eigenvalue weighted by atomic mass is 10.0. The molecular formula is C21H21ClF3N3O5. The minimum atomic E-state index is -4.77. The van der Waals surface area contributed by atoms with Gasteiger partial charge in [-0.1, -0.05) is 37.6 Å². The molecule has 0 bridgehead atoms. The maximum absolute atomic E-state index is 12.6. The quantitative estimate of drug-likeness (QED) is 0.405. The summed E-state index contributed by atoms with van der Waals surface area (Å²) in [6.45, 7) is 3.62. The molecule has 12 heteroatoms. The Morgan fingerprint density at radius 1 is 1.15 bits per heavy atom. The third-order valence-corrected chi connectivity index (χ3v) is 4.83. The van der Waals surface area contributed by atoms with Gasteiger partial charge in [0.1, 0.15) is 11.8 Å². The van der Waals surface area contributed by atoms with E-state index in [4.69, 9.17) is 11.6 Å². The number of amides is 2. The van der Waals surface area contributed by atoms with Crippen LogP contribution in [0.5, 0.6) is 5.75 Å². The van der Waals surface area contributed by atoms with E-state index in [1.165, 1.54) is 30.3 Å². The standard InChI is InChI=1S/C21H21ClF3N3O5/c1-12(2)18(27-19(29)16-8-5-14(28(31)32)11-17(16)22)20(30)26-10-9-13-3-6-15(7-4-13)33-21(23,24)25/h3-8,11-12,18H,9-10H2,1-2H3,(H,26,30)(H,27,29). The fourth-order valence-electron chi connectivity index (χ4n) is 2.85. The number of nitro groups is 1. The van der Waals surface area contributed by atoms with E-state index in [-0.39, 0.29) is 34.5 Å². The third-order valence-electron chi connectivity index (χ3n) is 4.51. The SMILES string of the molecule is CC(C)C(NC(=O)c1ccc([N+](=O)[O-])cc1Cl)C(=O)NCCc1ccc(OC(F)(F)F)cc1. The topological polar surface area (TPSA) is 111 Å². The maximum atomic E-state index is 12.6. The Balaban J connectivity index is 1.94. The second kappa shape index (κ2) is 11.0. The van der Waals surface area contributed by atoms with Crippen molar-refractivity contribution in [3.05, 3.63) is 68.7 Å². The Hall–Kier alpha value is -3.34. The average molecular weight is 488 g/mol. The van der Waals surface area contributed by atoms with Crippen molar-refractivity contribution in [2.24, 2.45) is 5.92 Å². The molecule has 0 spiro atoms. The number of nitro benzene ring substituents is 1. The first-order valence-corrected chi connectivity index (χ1v) is 10.1. The van der Waals surface area contributed by atoms with Crippen molar-refractivity contribution in [2.75, 3.05) is 6.54 Å². The van der Waals surface area contributed by atoms with Crippen LogP contribution in [0.2, 0.25) is 5.02 Å². The number of hydrogen-bond donors (Lipinski definition) is 2. The molecule has 0 saturated carbocycles. The van der Waals surface area contributed by atoms with Gasteiger partial charge < -0.3 is 15.4 Å². The summed E-state index contributed by atoms with van der Waals surface area (Å²) in [7, 11) is 0. The van der Waals surface area contributed by atoms with Crippen LogP contribution in [0.4, 0.5) is 18.9 Å². The number of nitrogens with zero attached hydrogens (tertiary/aromatic N) is 1. The number of benzene rings is 2. The second-order valence-electron chi connectivity index (χ2n) is 7.35. The van der Waals surface area contributed by atoms with Crippen LogP contribution >= 0.6 is 11.6 Å². The highest BCUT2D eigenvalue weighted by molar-refractivity contribution is 6.34. The van der Waals surface area contributed by atoms with Gasteiger partial charge in [-0.25, -0.2) is 0 Å². The molecule has 2 rings (SSSR count). The van der Waals surface area contributed by atoms with E-state index < -0.39 is 29.1 Å². The summed E-state index contributed by atoms with van der Waals surface area (Å²) in [6, 6.07) is 7.73. The lowest BCUT2D eigenvalue weighted by Gasteiger charge is -2.22. The Morgan fingerprint density at radius 2 is 1.79 bits per heavy atom. The molecule has 2 N–H and O–H groups in total. The average Bonchev–Trinajstić information content (AvgIpc) is 2.71. The molecule has 2 aromatic rings. The van der Waals surface area contributed by atoms with Gasteiger partial charge in [0.15, 0.2) is 0 Å². The van der Waals surface area contributed by atoms with Crippen LogP contribution in [0, 0.1) is 16.0 Å². The normalized spacial score (nSPS) is 12.2. The van der Waals surface area contributed by atoms with Gasteiger partial charge in [-0.2, -0.15) is 0 Å². The molecule has 0 saturated heterocycles. The fourth-order valence-corrected chi connectivity index (χ4v) is 3.11. The van der Waals surface area contributed by atoms with Gasteiger partial charge in [0.2, 0.25) is 5.91 Å². The first kappa shape index (κ1) is 25.9. The van der Waals surface area contributed by atoms with Crippen LogP contribution in [0.15, 0.2) is 42.5 Å². The van der Waals surface area contributed by atoms with E-state index in [1.54, 1.807) is 13.8 Å². The molecule has 178 valence electrons. The highest BCUT2D eigenvalue weighted by atomic mass is 35.5. The molecule has 0 radical (unpaired) electrons. The number of hydrogen-bond acceptors (Lipinski definition) is 5. The monoisotopic (exact) mass is 487 g/mol. The van der Waals surface area contributed by atoms with Crippen molar-refractivity contribution >= 4 is 29.1 Å². The Labute approximate surface area is 192 Å². The van der Waals surface area contributed by atoms with E-state index in [9.17, 15) is 32.9 Å². The number of carbonyl (C=O) groups excluding carboxylic acids is 2. The minimum Gasteiger partial charge on any atom is -0.406 e. The number of rotatable bonds is 9. The molecule has 1 atom stereocenters. The predicted molar refractivity (Wildman–Crippen MR) is 114 cm³/mol. The molecule has 0 aliphatic heterocycles. The molecule has 2 aromatic carbocycles. The van der Waals surface area contributed by atoms with E-state index in [1.807, 2.05) is 0 Å². The molecule has 33 heavy (non-hydrogen) atoms. The van der Waals surface area contributed by atoms with Gasteiger partial charge in [-0.05, 0) is 36.1 Å². The van der Waals surface area contributed by atoms with Crippen molar-refractivity contribution in [2.45, 2.75) is 32.7 Å². The number of ether oxygens (including phenoxy) is 1. The van der Waals surface area contributed by atoms with E-state index in [0.29, 0.717) is 12.0 Å². The van der Waals surface area contributed by atoms with Crippen LogP contribution in [0.3, 0.4) is 0 Å². The van der Waals surface area contributed by atoms with Crippen molar-refractivity contribution in [1.82, 2.24) is 10.6 Å². The van der Waals surface area contributed by atoms with Gasteiger partial charge in [-0.3, -0.25) is 19.7 Å². The van der Waals surface area contributed by atoms with E-state index in [2.05, 4.69) is 15.4 Å². The van der Waals surface area contributed by atoms with Crippen LogP contribution in [-0.2, 0) is 11.2 Å². The molecule has 8 nitrogen and oxygen atoms in total. The molecular weight excluding hydrogens is 467 g/mol. The largest absolute Gasteiger partial charge is 0.573 e. The van der Waals surface area contributed by atoms with Crippen LogP contribution in [-0.4, -0.2) is 35.7 Å². The summed E-state index contributed by atoms with van der Waals surface area (Å²) in [5, 5.41) is 15.9. The Kier molecular flexibility index (Phi) is 8.63. The smallest absolute Gasteiger partial charge is 0.406 e. The number of carbonyl (C=O) groups is 2. The molecule has 0 heterocycles. The number of halogens is 4. The third kappa shape index (κ3) is 7.94. The Morgan fingerprint density at radius 3 is 2.30 bits per heavy atom. The molecule has 1 unspecified atom stereocenters. The first-order valence-electron chi connectivity index (χ1n) is 9.74. The van der Waals surface area contributed by atoms with Gasteiger partial charge in [0.05, 0.1) is 15.5 Å². The number of nitrogens with one attached hydrogen (secondary N) is 2. The first-order chi connectivity index (χ1) is 15.4.